The lowest BCUT2D eigenvalue weighted by molar-refractivity contribution is 0.239. The largest absolute Gasteiger partial charge is 0.353 e. The number of hydrogen-bond acceptors (Lipinski definition) is 8. The molecule has 0 saturated carbocycles. The number of anilines is 1. The Morgan fingerprint density at radius 2 is 1.86 bits per heavy atom. The molecule has 1 aliphatic heterocycles. The standard InChI is InChI=1S/C19H19FN8O/c1-13-21-16(25-29-13)12-26-8-10-27(11-9-26)18-7-6-17-22-23-19(28(17)24-18)14-4-2-3-5-15(14)20/h2-7H,8-12H2,1H3. The molecule has 3 aromatic heterocycles. The lowest BCUT2D eigenvalue weighted by atomic mass is 10.2. The molecule has 5 rings (SSSR count). The summed E-state index contributed by atoms with van der Waals surface area (Å²) in [5.41, 5.74) is 0.961. The van der Waals surface area contributed by atoms with Crippen LogP contribution in [0, 0.1) is 12.7 Å². The molecule has 0 spiro atoms. The van der Waals surface area contributed by atoms with Gasteiger partial charge < -0.3 is 9.42 Å². The summed E-state index contributed by atoms with van der Waals surface area (Å²) in [7, 11) is 0. The zero-order chi connectivity index (χ0) is 19.8. The van der Waals surface area contributed by atoms with Crippen LogP contribution in [0.2, 0.25) is 0 Å². The van der Waals surface area contributed by atoms with Crippen LogP contribution in [0.15, 0.2) is 40.9 Å². The number of benzene rings is 1. The number of halogens is 1. The summed E-state index contributed by atoms with van der Waals surface area (Å²) >= 11 is 0. The highest BCUT2D eigenvalue weighted by Gasteiger charge is 2.21. The lowest BCUT2D eigenvalue weighted by Crippen LogP contribution is -2.46. The van der Waals surface area contributed by atoms with Crippen molar-refractivity contribution in [3.63, 3.8) is 0 Å². The van der Waals surface area contributed by atoms with Crippen molar-refractivity contribution in [2.24, 2.45) is 0 Å². The van der Waals surface area contributed by atoms with Gasteiger partial charge in [-0.3, -0.25) is 4.90 Å². The lowest BCUT2D eigenvalue weighted by Gasteiger charge is -2.34. The van der Waals surface area contributed by atoms with Gasteiger partial charge in [-0.05, 0) is 24.3 Å². The van der Waals surface area contributed by atoms with Gasteiger partial charge in [0.2, 0.25) is 5.89 Å². The number of fused-ring (bicyclic) bond motifs is 1. The van der Waals surface area contributed by atoms with Gasteiger partial charge in [-0.25, -0.2) is 4.39 Å². The zero-order valence-corrected chi connectivity index (χ0v) is 15.9. The maximum Gasteiger partial charge on any atom is 0.223 e. The van der Waals surface area contributed by atoms with Gasteiger partial charge in [0.05, 0.1) is 12.1 Å². The number of piperazine rings is 1. The molecular formula is C19H19FN8O. The van der Waals surface area contributed by atoms with Gasteiger partial charge in [0, 0.05) is 33.1 Å². The van der Waals surface area contributed by atoms with Gasteiger partial charge in [-0.15, -0.1) is 15.3 Å². The monoisotopic (exact) mass is 394 g/mol. The number of aromatic nitrogens is 6. The van der Waals surface area contributed by atoms with Crippen LogP contribution in [-0.2, 0) is 6.54 Å². The topological polar surface area (TPSA) is 88.5 Å². The van der Waals surface area contributed by atoms with Crippen LogP contribution < -0.4 is 4.90 Å². The van der Waals surface area contributed by atoms with Gasteiger partial charge in [0.1, 0.15) is 11.6 Å². The highest BCUT2D eigenvalue weighted by molar-refractivity contribution is 5.60. The first kappa shape index (κ1) is 17.7. The van der Waals surface area contributed by atoms with E-state index in [-0.39, 0.29) is 5.82 Å². The summed E-state index contributed by atoms with van der Waals surface area (Å²) in [6.07, 6.45) is 0. The summed E-state index contributed by atoms with van der Waals surface area (Å²) < 4.78 is 20.9. The van der Waals surface area contributed by atoms with E-state index >= 15 is 0 Å². The molecule has 1 fully saturated rings. The maximum absolute atomic E-state index is 14.2. The molecule has 1 aliphatic rings. The van der Waals surface area contributed by atoms with Gasteiger partial charge >= 0.3 is 0 Å². The minimum Gasteiger partial charge on any atom is -0.353 e. The molecule has 0 unspecified atom stereocenters. The molecule has 4 aromatic rings. The first-order valence-corrected chi connectivity index (χ1v) is 9.41. The molecule has 0 bridgehead atoms. The van der Waals surface area contributed by atoms with E-state index < -0.39 is 0 Å². The van der Waals surface area contributed by atoms with Crippen LogP contribution in [0.25, 0.3) is 17.0 Å². The van der Waals surface area contributed by atoms with Crippen LogP contribution in [-0.4, -0.2) is 61.0 Å². The van der Waals surface area contributed by atoms with Gasteiger partial charge in [0.25, 0.3) is 0 Å². The normalized spacial score (nSPS) is 15.3. The van der Waals surface area contributed by atoms with Gasteiger partial charge in [-0.2, -0.15) is 9.50 Å². The summed E-state index contributed by atoms with van der Waals surface area (Å²) in [4.78, 5) is 8.74. The molecule has 9 nitrogen and oxygen atoms in total. The third kappa shape index (κ3) is 3.42. The predicted octanol–water partition coefficient (Wildman–Crippen LogP) is 1.94. The molecule has 1 saturated heterocycles. The van der Waals surface area contributed by atoms with Crippen molar-refractivity contribution >= 4 is 11.5 Å². The second kappa shape index (κ2) is 7.21. The molecule has 10 heteroatoms. The van der Waals surface area contributed by atoms with Crippen molar-refractivity contribution in [3.05, 3.63) is 53.9 Å². The van der Waals surface area contributed by atoms with Crippen LogP contribution in [0.1, 0.15) is 11.7 Å². The molecule has 0 amide bonds. The Labute approximate surface area is 165 Å². The van der Waals surface area contributed by atoms with E-state index in [1.54, 1.807) is 29.6 Å². The number of rotatable bonds is 4. The first-order valence-electron chi connectivity index (χ1n) is 9.41. The zero-order valence-electron chi connectivity index (χ0n) is 15.9. The molecule has 1 aromatic carbocycles. The third-order valence-electron chi connectivity index (χ3n) is 4.99. The van der Waals surface area contributed by atoms with Gasteiger partial charge in [-0.1, -0.05) is 17.3 Å². The Balaban J connectivity index is 1.35. The van der Waals surface area contributed by atoms with Crippen molar-refractivity contribution in [2.45, 2.75) is 13.5 Å². The SMILES string of the molecule is Cc1nc(CN2CCN(c3ccc4nnc(-c5ccccc5F)n4n3)CC2)no1. The highest BCUT2D eigenvalue weighted by Crippen LogP contribution is 2.22. The number of nitrogens with zero attached hydrogens (tertiary/aromatic N) is 8. The van der Waals surface area contributed by atoms with E-state index in [1.807, 2.05) is 12.1 Å². The Morgan fingerprint density at radius 3 is 2.62 bits per heavy atom. The van der Waals surface area contributed by atoms with Crippen molar-refractivity contribution < 1.29 is 8.91 Å². The van der Waals surface area contributed by atoms with E-state index in [2.05, 4.69) is 35.2 Å². The van der Waals surface area contributed by atoms with E-state index in [4.69, 9.17) is 4.52 Å². The summed E-state index contributed by atoms with van der Waals surface area (Å²) in [5.74, 6) is 2.14. The summed E-state index contributed by atoms with van der Waals surface area (Å²) in [5, 5.41) is 16.9. The molecule has 0 aliphatic carbocycles. The molecule has 148 valence electrons. The average molecular weight is 394 g/mol. The smallest absolute Gasteiger partial charge is 0.223 e. The Morgan fingerprint density at radius 1 is 1.03 bits per heavy atom. The predicted molar refractivity (Wildman–Crippen MR) is 103 cm³/mol. The van der Waals surface area contributed by atoms with Crippen LogP contribution >= 0.6 is 0 Å². The number of hydrogen-bond donors (Lipinski definition) is 0. The Hall–Kier alpha value is -3.40. The molecule has 0 radical (unpaired) electrons. The minimum atomic E-state index is -0.348. The third-order valence-corrected chi connectivity index (χ3v) is 4.99. The van der Waals surface area contributed by atoms with Crippen LogP contribution in [0.4, 0.5) is 10.2 Å². The maximum atomic E-state index is 14.2. The quantitative estimate of drug-likeness (QED) is 0.519. The summed E-state index contributed by atoms with van der Waals surface area (Å²) in [6, 6.07) is 10.3. The highest BCUT2D eigenvalue weighted by atomic mass is 19.1. The van der Waals surface area contributed by atoms with Crippen molar-refractivity contribution in [3.8, 4) is 11.4 Å². The Kier molecular flexibility index (Phi) is 4.39. The van der Waals surface area contributed by atoms with Crippen LogP contribution in [0.5, 0.6) is 0 Å². The van der Waals surface area contributed by atoms with E-state index in [0.717, 1.165) is 32.0 Å². The average Bonchev–Trinajstić information content (AvgIpc) is 3.34. The molecule has 29 heavy (non-hydrogen) atoms. The molecule has 0 N–H and O–H groups in total. The second-order valence-corrected chi connectivity index (χ2v) is 6.96. The van der Waals surface area contributed by atoms with E-state index in [1.165, 1.54) is 6.07 Å². The molecule has 4 heterocycles. The van der Waals surface area contributed by atoms with Gasteiger partial charge in [0.15, 0.2) is 17.3 Å². The first-order chi connectivity index (χ1) is 14.2. The fraction of sp³-hybridized carbons (Fsp3) is 0.316. The fourth-order valence-electron chi connectivity index (χ4n) is 3.50. The second-order valence-electron chi connectivity index (χ2n) is 6.96. The number of aryl methyl sites for hydroxylation is 1. The summed E-state index contributed by atoms with van der Waals surface area (Å²) in [6.45, 7) is 5.79. The van der Waals surface area contributed by atoms with Crippen LogP contribution in [0.3, 0.4) is 0 Å². The van der Waals surface area contributed by atoms with Crippen molar-refractivity contribution in [1.29, 1.82) is 0 Å². The molecular weight excluding hydrogens is 375 g/mol. The fourth-order valence-corrected chi connectivity index (χ4v) is 3.50. The van der Waals surface area contributed by atoms with E-state index in [0.29, 0.717) is 35.3 Å². The molecule has 0 atom stereocenters. The van der Waals surface area contributed by atoms with E-state index in [9.17, 15) is 4.39 Å². The van der Waals surface area contributed by atoms with Crippen molar-refractivity contribution in [1.82, 2.24) is 34.9 Å². The minimum absolute atomic E-state index is 0.348. The van der Waals surface area contributed by atoms with Crippen molar-refractivity contribution in [2.75, 3.05) is 31.1 Å². The Bertz CT molecular complexity index is 1150.